The van der Waals surface area contributed by atoms with Gasteiger partial charge < -0.3 is 18.9 Å². The Bertz CT molecular complexity index is 811. The zero-order valence-corrected chi connectivity index (χ0v) is 24.1. The SMILES string of the molecule is CCOC(=O)C(F)N(C(=O)OC(C)(C)C)C(=O)[C@H](CC(C)C)N(C(=O)OC(C)(C)C)C(=O)OC(C)(C)C. The number of hydrogen-bond donors (Lipinski definition) is 0. The van der Waals surface area contributed by atoms with Gasteiger partial charge in [0, 0.05) is 0 Å². The molecule has 0 aliphatic carbocycles. The van der Waals surface area contributed by atoms with Crippen LogP contribution in [0.4, 0.5) is 18.8 Å². The topological polar surface area (TPSA) is 129 Å². The molecular weight excluding hydrogens is 491 g/mol. The number of nitrogens with zero attached hydrogens (tertiary/aromatic N) is 2. The second-order valence-electron chi connectivity index (χ2n) is 11.8. The molecule has 11 nitrogen and oxygen atoms in total. The Labute approximate surface area is 218 Å². The predicted molar refractivity (Wildman–Crippen MR) is 132 cm³/mol. The van der Waals surface area contributed by atoms with Gasteiger partial charge >= 0.3 is 24.2 Å². The first-order valence-corrected chi connectivity index (χ1v) is 12.1. The van der Waals surface area contributed by atoms with Crippen LogP contribution in [-0.2, 0) is 28.5 Å². The van der Waals surface area contributed by atoms with Crippen LogP contribution in [0.2, 0.25) is 0 Å². The summed E-state index contributed by atoms with van der Waals surface area (Å²) in [5.41, 5.74) is -3.34. The molecule has 1 unspecified atom stereocenters. The minimum Gasteiger partial charge on any atom is -0.462 e. The van der Waals surface area contributed by atoms with E-state index in [-0.39, 0.29) is 23.8 Å². The Kier molecular flexibility index (Phi) is 12.0. The number of amides is 4. The van der Waals surface area contributed by atoms with Crippen LogP contribution in [0.3, 0.4) is 0 Å². The zero-order valence-electron chi connectivity index (χ0n) is 24.1. The summed E-state index contributed by atoms with van der Waals surface area (Å²) in [6, 6.07) is -1.79. The Morgan fingerprint density at radius 1 is 0.703 bits per heavy atom. The maximum absolute atomic E-state index is 15.3. The van der Waals surface area contributed by atoms with E-state index in [0.717, 1.165) is 0 Å². The van der Waals surface area contributed by atoms with Gasteiger partial charge in [-0.1, -0.05) is 13.8 Å². The molecular formula is C25H43FN2O9. The molecule has 0 aromatic heterocycles. The van der Waals surface area contributed by atoms with E-state index in [1.165, 1.54) is 27.7 Å². The fourth-order valence-electron chi connectivity index (χ4n) is 2.80. The average Bonchev–Trinajstić information content (AvgIpc) is 2.62. The van der Waals surface area contributed by atoms with Crippen LogP contribution >= 0.6 is 0 Å². The third-order valence-electron chi connectivity index (χ3n) is 4.01. The smallest absolute Gasteiger partial charge is 0.420 e. The van der Waals surface area contributed by atoms with E-state index in [9.17, 15) is 24.0 Å². The summed E-state index contributed by atoms with van der Waals surface area (Å²) in [7, 11) is 0. The van der Waals surface area contributed by atoms with Crippen molar-refractivity contribution in [3.8, 4) is 0 Å². The number of ether oxygens (including phenoxy) is 4. The maximum atomic E-state index is 15.3. The zero-order chi connectivity index (χ0) is 29.5. The maximum Gasteiger partial charge on any atom is 0.420 e. The molecule has 0 aliphatic heterocycles. The van der Waals surface area contributed by atoms with Gasteiger partial charge in [0.1, 0.15) is 22.8 Å². The van der Waals surface area contributed by atoms with Gasteiger partial charge in [0.05, 0.1) is 6.61 Å². The number of hydrogen-bond acceptors (Lipinski definition) is 9. The van der Waals surface area contributed by atoms with Crippen LogP contribution in [0, 0.1) is 5.92 Å². The van der Waals surface area contributed by atoms with E-state index in [1.54, 1.807) is 55.4 Å². The van der Waals surface area contributed by atoms with E-state index < -0.39 is 59.3 Å². The van der Waals surface area contributed by atoms with Crippen molar-refractivity contribution in [1.29, 1.82) is 0 Å². The van der Waals surface area contributed by atoms with E-state index in [2.05, 4.69) is 4.74 Å². The van der Waals surface area contributed by atoms with Gasteiger partial charge in [0.25, 0.3) is 12.2 Å². The molecule has 12 heteroatoms. The first kappa shape index (κ1) is 34.1. The summed E-state index contributed by atoms with van der Waals surface area (Å²) in [4.78, 5) is 65.6. The summed E-state index contributed by atoms with van der Waals surface area (Å²) in [6.07, 6.45) is -7.13. The molecule has 0 saturated heterocycles. The summed E-state index contributed by atoms with van der Waals surface area (Å²) in [5, 5.41) is 0. The Balaban J connectivity index is 6.88. The molecule has 214 valence electrons. The second-order valence-corrected chi connectivity index (χ2v) is 11.8. The number of alkyl halides is 1. The van der Waals surface area contributed by atoms with E-state index in [0.29, 0.717) is 4.90 Å². The number of carbonyl (C=O) groups is 5. The lowest BCUT2D eigenvalue weighted by Gasteiger charge is -2.36. The average molecular weight is 535 g/mol. The lowest BCUT2D eigenvalue weighted by molar-refractivity contribution is -0.163. The first-order valence-electron chi connectivity index (χ1n) is 12.1. The molecule has 0 heterocycles. The van der Waals surface area contributed by atoms with Crippen LogP contribution in [0.15, 0.2) is 0 Å². The number of rotatable bonds is 7. The molecule has 2 atom stereocenters. The number of esters is 1. The molecule has 0 N–H and O–H groups in total. The first-order chi connectivity index (χ1) is 16.5. The monoisotopic (exact) mass is 534 g/mol. The normalized spacial score (nSPS) is 13.8. The minimum absolute atomic E-state index is 0.0853. The van der Waals surface area contributed by atoms with Crippen molar-refractivity contribution in [3.05, 3.63) is 0 Å². The molecule has 0 spiro atoms. The molecule has 0 rings (SSSR count). The highest BCUT2D eigenvalue weighted by atomic mass is 19.1. The van der Waals surface area contributed by atoms with Crippen LogP contribution in [0.5, 0.6) is 0 Å². The third-order valence-corrected chi connectivity index (χ3v) is 4.01. The summed E-state index contributed by atoms with van der Waals surface area (Å²) in [5.74, 6) is -3.26. The van der Waals surface area contributed by atoms with Gasteiger partial charge in [-0.25, -0.2) is 28.5 Å². The second kappa shape index (κ2) is 13.0. The van der Waals surface area contributed by atoms with Gasteiger partial charge in [0.2, 0.25) is 0 Å². The van der Waals surface area contributed by atoms with Crippen LogP contribution in [0.25, 0.3) is 0 Å². The third kappa shape index (κ3) is 12.2. The molecule has 0 saturated carbocycles. The fourth-order valence-corrected chi connectivity index (χ4v) is 2.80. The van der Waals surface area contributed by atoms with Gasteiger partial charge in [-0.3, -0.25) is 4.79 Å². The van der Waals surface area contributed by atoms with Crippen LogP contribution in [0.1, 0.15) is 89.5 Å². The number of halogens is 1. The summed E-state index contributed by atoms with van der Waals surface area (Å²) >= 11 is 0. The summed E-state index contributed by atoms with van der Waals surface area (Å²) in [6.45, 7) is 18.2. The van der Waals surface area contributed by atoms with Gasteiger partial charge in [0.15, 0.2) is 0 Å². The van der Waals surface area contributed by atoms with Crippen LogP contribution in [-0.4, -0.2) is 75.7 Å². The van der Waals surface area contributed by atoms with Crippen molar-refractivity contribution in [3.63, 3.8) is 0 Å². The number of carbonyl (C=O) groups excluding carboxylic acids is 5. The fraction of sp³-hybridized carbons (Fsp3) is 0.800. The minimum atomic E-state index is -2.91. The van der Waals surface area contributed by atoms with Gasteiger partial charge in [-0.2, -0.15) is 4.90 Å². The lowest BCUT2D eigenvalue weighted by atomic mass is 10.0. The summed E-state index contributed by atoms with van der Waals surface area (Å²) < 4.78 is 35.8. The highest BCUT2D eigenvalue weighted by Gasteiger charge is 2.48. The molecule has 0 aromatic carbocycles. The van der Waals surface area contributed by atoms with Gasteiger partial charge in [-0.05, 0) is 81.6 Å². The van der Waals surface area contributed by atoms with E-state index in [1.807, 2.05) is 0 Å². The molecule has 4 amide bonds. The van der Waals surface area contributed by atoms with Crippen molar-refractivity contribution >= 4 is 30.2 Å². The molecule has 0 fully saturated rings. The standard InChI is InChI=1S/C25H43FN2O9/c1-13-34-19(30)17(26)28(22(33)37-25(10,11)12)18(29)16(14-15(2)3)27(20(31)35-23(4,5)6)21(32)36-24(7,8)9/h15-17H,13-14H2,1-12H3/t16-,17?/m0/s1. The van der Waals surface area contributed by atoms with E-state index >= 15 is 4.39 Å². The van der Waals surface area contributed by atoms with Crippen molar-refractivity contribution in [1.82, 2.24) is 9.80 Å². The Hall–Kier alpha value is -2.92. The highest BCUT2D eigenvalue weighted by molar-refractivity contribution is 6.02. The van der Waals surface area contributed by atoms with Gasteiger partial charge in [-0.15, -0.1) is 0 Å². The molecule has 0 aromatic rings. The van der Waals surface area contributed by atoms with Crippen molar-refractivity contribution in [2.75, 3.05) is 6.61 Å². The molecule has 0 aliphatic rings. The molecule has 0 radical (unpaired) electrons. The quantitative estimate of drug-likeness (QED) is 0.246. The predicted octanol–water partition coefficient (Wildman–Crippen LogP) is 5.20. The molecule has 0 bridgehead atoms. The highest BCUT2D eigenvalue weighted by Crippen LogP contribution is 2.24. The van der Waals surface area contributed by atoms with Crippen molar-refractivity contribution in [2.24, 2.45) is 5.92 Å². The van der Waals surface area contributed by atoms with Crippen molar-refractivity contribution < 1.29 is 47.3 Å². The number of imide groups is 2. The largest absolute Gasteiger partial charge is 0.462 e. The molecule has 37 heavy (non-hydrogen) atoms. The Morgan fingerprint density at radius 2 is 1.05 bits per heavy atom. The lowest BCUT2D eigenvalue weighted by Crippen LogP contribution is -2.59. The Morgan fingerprint density at radius 3 is 1.35 bits per heavy atom. The van der Waals surface area contributed by atoms with E-state index in [4.69, 9.17) is 14.2 Å². The van der Waals surface area contributed by atoms with Crippen LogP contribution < -0.4 is 0 Å². The van der Waals surface area contributed by atoms with Crippen molar-refractivity contribution in [2.45, 2.75) is 119 Å².